The van der Waals surface area contributed by atoms with E-state index in [2.05, 4.69) is 6.58 Å². The second kappa shape index (κ2) is 10.3. The summed E-state index contributed by atoms with van der Waals surface area (Å²) in [5.41, 5.74) is 2.27. The van der Waals surface area contributed by atoms with E-state index in [0.29, 0.717) is 12.8 Å². The third kappa shape index (κ3) is 5.63. The molecule has 1 aliphatic rings. The van der Waals surface area contributed by atoms with Crippen LogP contribution in [-0.2, 0) is 16.5 Å². The average molecular weight is 417 g/mol. The van der Waals surface area contributed by atoms with Crippen molar-refractivity contribution in [2.45, 2.75) is 70.1 Å². The van der Waals surface area contributed by atoms with Gasteiger partial charge in [-0.05, 0) is 57.1 Å². The van der Waals surface area contributed by atoms with E-state index in [-0.39, 0.29) is 52.4 Å². The molecule has 5 nitrogen and oxygen atoms in total. The second-order valence-electron chi connectivity index (χ2n) is 7.59. The Bertz CT molecular complexity index is 858. The summed E-state index contributed by atoms with van der Waals surface area (Å²) in [6.45, 7) is 9.86. The van der Waals surface area contributed by atoms with E-state index in [0.717, 1.165) is 36.8 Å². The molecule has 0 heterocycles. The molecule has 0 fully saturated rings. The number of phenolic OH excluding ortho intramolecular Hbond substituents is 2. The molecule has 150 valence electrons. The Labute approximate surface area is 190 Å². The standard InChI is InChI=1S/C21H30O5S.Na/c1-5-6-7-8-15-12-18(22)19(20(23)21(15)27(24,25)26)17-11-14(4)9-10-16(17)13(2)3;/h11-12,16-17,22-23H,2,5-10H2,1,3-4H3,(H,24,25,26);/q;+1/p-1/t16-,17+;/m0./s1. The van der Waals surface area contributed by atoms with E-state index in [1.807, 2.05) is 26.8 Å². The fraction of sp³-hybridized carbons (Fsp3) is 0.524. The van der Waals surface area contributed by atoms with Gasteiger partial charge >= 0.3 is 29.6 Å². The minimum atomic E-state index is -4.88. The van der Waals surface area contributed by atoms with Gasteiger partial charge in [-0.2, -0.15) is 0 Å². The summed E-state index contributed by atoms with van der Waals surface area (Å²) in [5, 5.41) is 21.4. The number of unbranched alkanes of at least 4 members (excludes halogenated alkanes) is 2. The topological polar surface area (TPSA) is 97.7 Å². The fourth-order valence-electron chi connectivity index (χ4n) is 3.97. The Hall–Kier alpha value is -0.790. The molecule has 0 saturated carbocycles. The molecule has 0 bridgehead atoms. The van der Waals surface area contributed by atoms with Gasteiger partial charge in [-0.15, -0.1) is 0 Å². The van der Waals surface area contributed by atoms with E-state index in [9.17, 15) is 23.2 Å². The third-order valence-corrected chi connectivity index (χ3v) is 6.32. The van der Waals surface area contributed by atoms with Crippen molar-refractivity contribution in [3.8, 4) is 11.5 Å². The van der Waals surface area contributed by atoms with Crippen molar-refractivity contribution in [2.75, 3.05) is 0 Å². The number of phenols is 2. The van der Waals surface area contributed by atoms with Gasteiger partial charge in [0.25, 0.3) is 0 Å². The zero-order valence-electron chi connectivity index (χ0n) is 17.3. The predicted octanol–water partition coefficient (Wildman–Crippen LogP) is 1.75. The van der Waals surface area contributed by atoms with Gasteiger partial charge < -0.3 is 14.8 Å². The van der Waals surface area contributed by atoms with Crippen molar-refractivity contribution in [3.63, 3.8) is 0 Å². The van der Waals surface area contributed by atoms with Crippen molar-refractivity contribution >= 4 is 10.1 Å². The molecule has 2 N–H and O–H groups in total. The molecular weight excluding hydrogens is 387 g/mol. The predicted molar refractivity (Wildman–Crippen MR) is 105 cm³/mol. The maximum absolute atomic E-state index is 11.9. The van der Waals surface area contributed by atoms with E-state index in [1.54, 1.807) is 0 Å². The van der Waals surface area contributed by atoms with Gasteiger partial charge in [-0.25, -0.2) is 8.42 Å². The van der Waals surface area contributed by atoms with Crippen LogP contribution in [0, 0.1) is 5.92 Å². The van der Waals surface area contributed by atoms with E-state index in [4.69, 9.17) is 0 Å². The number of rotatable bonds is 7. The molecule has 2 atom stereocenters. The number of hydrogen-bond acceptors (Lipinski definition) is 5. The molecule has 1 aliphatic carbocycles. The van der Waals surface area contributed by atoms with Crippen molar-refractivity contribution in [1.82, 2.24) is 0 Å². The Balaban J connectivity index is 0.00000392. The zero-order chi connectivity index (χ0) is 20.4. The van der Waals surface area contributed by atoms with Crippen molar-refractivity contribution < 1.29 is 52.7 Å². The van der Waals surface area contributed by atoms with Gasteiger partial charge in [0, 0.05) is 11.5 Å². The average Bonchev–Trinajstić information content (AvgIpc) is 2.53. The molecule has 7 heteroatoms. The third-order valence-electron chi connectivity index (χ3n) is 5.36. The number of benzene rings is 1. The first kappa shape index (κ1) is 25.2. The summed E-state index contributed by atoms with van der Waals surface area (Å²) in [6, 6.07) is 1.34. The second-order valence-corrected chi connectivity index (χ2v) is 8.90. The first-order chi connectivity index (χ1) is 12.6. The quantitative estimate of drug-likeness (QED) is 0.305. The molecule has 2 rings (SSSR count). The first-order valence-electron chi connectivity index (χ1n) is 9.44. The summed E-state index contributed by atoms with van der Waals surface area (Å²) in [4.78, 5) is -0.594. The molecule has 0 aliphatic heterocycles. The minimum absolute atomic E-state index is 0. The van der Waals surface area contributed by atoms with Crippen LogP contribution in [0.5, 0.6) is 11.5 Å². The number of aryl methyl sites for hydroxylation is 1. The van der Waals surface area contributed by atoms with Crippen LogP contribution in [0.2, 0.25) is 0 Å². The minimum Gasteiger partial charge on any atom is -0.744 e. The van der Waals surface area contributed by atoms with Gasteiger partial charge in [0.1, 0.15) is 21.6 Å². The molecule has 0 unspecified atom stereocenters. The maximum atomic E-state index is 11.9. The summed E-state index contributed by atoms with van der Waals surface area (Å²) in [6.07, 6.45) is 6.38. The van der Waals surface area contributed by atoms with Crippen LogP contribution < -0.4 is 29.6 Å². The Morgan fingerprint density at radius 3 is 2.50 bits per heavy atom. The Morgan fingerprint density at radius 2 is 1.96 bits per heavy atom. The molecule has 0 saturated heterocycles. The van der Waals surface area contributed by atoms with Crippen molar-refractivity contribution in [3.05, 3.63) is 41.0 Å². The van der Waals surface area contributed by atoms with Crippen LogP contribution in [-0.4, -0.2) is 23.2 Å². The molecule has 0 amide bonds. The van der Waals surface area contributed by atoms with E-state index >= 15 is 0 Å². The molecule has 0 radical (unpaired) electrons. The van der Waals surface area contributed by atoms with Gasteiger partial charge in [0.15, 0.2) is 0 Å². The first-order valence-corrected chi connectivity index (χ1v) is 10.8. The molecule has 0 aromatic heterocycles. The van der Waals surface area contributed by atoms with Gasteiger partial charge in [-0.1, -0.05) is 43.6 Å². The largest absolute Gasteiger partial charge is 1.00 e. The smallest absolute Gasteiger partial charge is 0.744 e. The maximum Gasteiger partial charge on any atom is 1.00 e. The van der Waals surface area contributed by atoms with E-state index < -0.39 is 26.7 Å². The molecule has 28 heavy (non-hydrogen) atoms. The van der Waals surface area contributed by atoms with Crippen LogP contribution >= 0.6 is 0 Å². The summed E-state index contributed by atoms with van der Waals surface area (Å²) in [7, 11) is -4.88. The Morgan fingerprint density at radius 1 is 1.32 bits per heavy atom. The fourth-order valence-corrected chi connectivity index (χ4v) is 4.80. The number of hydrogen-bond donors (Lipinski definition) is 2. The van der Waals surface area contributed by atoms with Crippen LogP contribution in [0.3, 0.4) is 0 Å². The molecule has 1 aromatic carbocycles. The SMILES string of the molecule is C=C(C)[C@@H]1CCC(C)=C[C@H]1c1c(O)cc(CCCCC)c(S(=O)(=O)[O-])c1O.[Na+]. The van der Waals surface area contributed by atoms with Gasteiger partial charge in [0.05, 0.1) is 4.90 Å². The van der Waals surface area contributed by atoms with Gasteiger partial charge in [0.2, 0.25) is 0 Å². The summed E-state index contributed by atoms with van der Waals surface area (Å²) < 4.78 is 35.7. The monoisotopic (exact) mass is 416 g/mol. The Kier molecular flexibility index (Phi) is 9.29. The summed E-state index contributed by atoms with van der Waals surface area (Å²) >= 11 is 0. The zero-order valence-corrected chi connectivity index (χ0v) is 20.1. The van der Waals surface area contributed by atoms with Crippen LogP contribution in [0.15, 0.2) is 34.8 Å². The molecule has 1 aromatic rings. The summed E-state index contributed by atoms with van der Waals surface area (Å²) in [5.74, 6) is -1.24. The van der Waals surface area contributed by atoms with Crippen molar-refractivity contribution in [2.24, 2.45) is 5.92 Å². The number of aromatic hydroxyl groups is 2. The number of allylic oxidation sites excluding steroid dienone is 3. The van der Waals surface area contributed by atoms with E-state index in [1.165, 1.54) is 6.07 Å². The van der Waals surface area contributed by atoms with Crippen LogP contribution in [0.4, 0.5) is 0 Å². The molecule has 0 spiro atoms. The normalized spacial score (nSPS) is 19.6. The van der Waals surface area contributed by atoms with Crippen molar-refractivity contribution in [1.29, 1.82) is 0 Å². The molecular formula is C21H29NaO5S. The van der Waals surface area contributed by atoms with Crippen LogP contribution in [0.1, 0.15) is 69.9 Å². The van der Waals surface area contributed by atoms with Gasteiger partial charge in [-0.3, -0.25) is 0 Å². The van der Waals surface area contributed by atoms with Crippen LogP contribution in [0.25, 0.3) is 0 Å².